The van der Waals surface area contributed by atoms with E-state index in [2.05, 4.69) is 10.6 Å². The molecule has 0 unspecified atom stereocenters. The predicted molar refractivity (Wildman–Crippen MR) is 112 cm³/mol. The van der Waals surface area contributed by atoms with Gasteiger partial charge in [-0.05, 0) is 30.5 Å². The van der Waals surface area contributed by atoms with Gasteiger partial charge in [-0.1, -0.05) is 62.4 Å². The van der Waals surface area contributed by atoms with Gasteiger partial charge in [0.2, 0.25) is 0 Å². The van der Waals surface area contributed by atoms with Crippen molar-refractivity contribution in [2.45, 2.75) is 26.8 Å². The quantitative estimate of drug-likeness (QED) is 0.704. The largest absolute Gasteiger partial charge is 0.331 e. The highest BCUT2D eigenvalue weighted by Crippen LogP contribution is 2.21. The molecule has 1 atom stereocenters. The smallest absolute Gasteiger partial charge is 0.319 e. The first-order valence-electron chi connectivity index (χ1n) is 9.36. The van der Waals surface area contributed by atoms with Crippen LogP contribution in [0.4, 0.5) is 10.5 Å². The van der Waals surface area contributed by atoms with Gasteiger partial charge >= 0.3 is 6.03 Å². The van der Waals surface area contributed by atoms with E-state index < -0.39 is 6.03 Å². The number of para-hydroxylation sites is 1. The Morgan fingerprint density at radius 3 is 2.11 bits per heavy atom. The highest BCUT2D eigenvalue weighted by atomic mass is 16.2. The number of aromatic nitrogens is 2. The SMILES string of the molecule is Cc1c(NC(=O)N[C@@H](c2ccccc2)C(C)C)c(=O)n(-c2ccccc2)n1C. The van der Waals surface area contributed by atoms with Crippen molar-refractivity contribution in [3.63, 3.8) is 0 Å². The molecule has 0 fully saturated rings. The number of hydrogen-bond acceptors (Lipinski definition) is 2. The summed E-state index contributed by atoms with van der Waals surface area (Å²) < 4.78 is 3.28. The minimum absolute atomic E-state index is 0.151. The van der Waals surface area contributed by atoms with Crippen molar-refractivity contribution < 1.29 is 4.79 Å². The molecule has 146 valence electrons. The van der Waals surface area contributed by atoms with Gasteiger partial charge in [-0.3, -0.25) is 9.48 Å². The topological polar surface area (TPSA) is 68.1 Å². The van der Waals surface area contributed by atoms with Crippen molar-refractivity contribution in [3.05, 3.63) is 82.3 Å². The van der Waals surface area contributed by atoms with Crippen molar-refractivity contribution in [2.75, 3.05) is 5.32 Å². The standard InChI is InChI=1S/C22H26N4O2/c1-15(2)19(17-11-7-5-8-12-17)23-22(28)24-20-16(3)25(4)26(21(20)27)18-13-9-6-10-14-18/h5-15,19H,1-4H3,(H2,23,24,28)/t19-/m1/s1. The highest BCUT2D eigenvalue weighted by molar-refractivity contribution is 5.90. The second kappa shape index (κ2) is 8.17. The monoisotopic (exact) mass is 378 g/mol. The van der Waals surface area contributed by atoms with E-state index in [1.165, 1.54) is 0 Å². The van der Waals surface area contributed by atoms with E-state index >= 15 is 0 Å². The van der Waals surface area contributed by atoms with Crippen LogP contribution in [0.5, 0.6) is 0 Å². The molecular weight excluding hydrogens is 352 g/mol. The Hall–Kier alpha value is -3.28. The number of benzene rings is 2. The Kier molecular flexibility index (Phi) is 5.68. The number of urea groups is 1. The maximum atomic E-state index is 12.9. The van der Waals surface area contributed by atoms with Crippen molar-refractivity contribution in [2.24, 2.45) is 13.0 Å². The Labute approximate surface area is 164 Å². The zero-order chi connectivity index (χ0) is 20.3. The first kappa shape index (κ1) is 19.5. The molecule has 3 rings (SSSR count). The first-order chi connectivity index (χ1) is 13.4. The minimum Gasteiger partial charge on any atom is -0.331 e. The summed E-state index contributed by atoms with van der Waals surface area (Å²) in [5.74, 6) is 0.200. The van der Waals surface area contributed by atoms with Crippen molar-refractivity contribution >= 4 is 11.7 Å². The molecule has 3 aromatic rings. The lowest BCUT2D eigenvalue weighted by molar-refractivity contribution is 0.244. The van der Waals surface area contributed by atoms with E-state index in [1.54, 1.807) is 16.4 Å². The number of hydrogen-bond donors (Lipinski definition) is 2. The molecule has 0 saturated heterocycles. The minimum atomic E-state index is -0.395. The lowest BCUT2D eigenvalue weighted by Crippen LogP contribution is -2.36. The first-order valence-corrected chi connectivity index (χ1v) is 9.36. The van der Waals surface area contributed by atoms with Gasteiger partial charge in [-0.2, -0.15) is 0 Å². The Morgan fingerprint density at radius 1 is 0.964 bits per heavy atom. The molecule has 0 spiro atoms. The number of nitrogens with one attached hydrogen (secondary N) is 2. The molecule has 0 saturated carbocycles. The summed E-state index contributed by atoms with van der Waals surface area (Å²) in [5, 5.41) is 5.76. The molecule has 28 heavy (non-hydrogen) atoms. The van der Waals surface area contributed by atoms with Crippen LogP contribution in [0.3, 0.4) is 0 Å². The molecular formula is C22H26N4O2. The van der Waals surface area contributed by atoms with Gasteiger partial charge in [0.25, 0.3) is 5.56 Å². The van der Waals surface area contributed by atoms with E-state index in [9.17, 15) is 9.59 Å². The van der Waals surface area contributed by atoms with Gasteiger partial charge in [0.15, 0.2) is 0 Å². The number of amides is 2. The van der Waals surface area contributed by atoms with Gasteiger partial charge in [-0.25, -0.2) is 9.48 Å². The van der Waals surface area contributed by atoms with E-state index in [1.807, 2.05) is 81.4 Å². The van der Waals surface area contributed by atoms with Crippen LogP contribution in [0.1, 0.15) is 31.1 Å². The third-order valence-electron chi connectivity index (χ3n) is 4.90. The van der Waals surface area contributed by atoms with Crippen LogP contribution < -0.4 is 16.2 Å². The summed E-state index contributed by atoms with van der Waals surface area (Å²) in [4.78, 5) is 25.6. The van der Waals surface area contributed by atoms with E-state index in [4.69, 9.17) is 0 Å². The van der Waals surface area contributed by atoms with Crippen LogP contribution in [-0.2, 0) is 7.05 Å². The molecule has 2 aromatic carbocycles. The van der Waals surface area contributed by atoms with Gasteiger partial charge in [0.1, 0.15) is 5.69 Å². The zero-order valence-corrected chi connectivity index (χ0v) is 16.6. The van der Waals surface area contributed by atoms with Crippen LogP contribution in [-0.4, -0.2) is 15.4 Å². The zero-order valence-electron chi connectivity index (χ0n) is 16.6. The van der Waals surface area contributed by atoms with Gasteiger partial charge in [-0.15, -0.1) is 0 Å². The van der Waals surface area contributed by atoms with Gasteiger partial charge in [0.05, 0.1) is 17.4 Å². The number of nitrogens with zero attached hydrogens (tertiary/aromatic N) is 2. The molecule has 0 aliphatic carbocycles. The second-order valence-corrected chi connectivity index (χ2v) is 7.17. The van der Waals surface area contributed by atoms with Crippen LogP contribution >= 0.6 is 0 Å². The number of carbonyl (C=O) groups is 1. The van der Waals surface area contributed by atoms with Crippen LogP contribution in [0.25, 0.3) is 5.69 Å². The molecule has 1 heterocycles. The predicted octanol–water partition coefficient (Wildman–Crippen LogP) is 4.00. The fourth-order valence-electron chi connectivity index (χ4n) is 3.30. The summed E-state index contributed by atoms with van der Waals surface area (Å²) in [6.45, 7) is 5.91. The highest BCUT2D eigenvalue weighted by Gasteiger charge is 2.21. The lowest BCUT2D eigenvalue weighted by Gasteiger charge is -2.23. The molecule has 0 bridgehead atoms. The molecule has 0 aliphatic rings. The summed E-state index contributed by atoms with van der Waals surface area (Å²) in [7, 11) is 1.80. The average Bonchev–Trinajstić information content (AvgIpc) is 2.90. The van der Waals surface area contributed by atoms with Crippen LogP contribution in [0, 0.1) is 12.8 Å². The van der Waals surface area contributed by atoms with Gasteiger partial charge < -0.3 is 10.6 Å². The number of rotatable bonds is 5. The van der Waals surface area contributed by atoms with Crippen molar-refractivity contribution in [1.82, 2.24) is 14.7 Å². The van der Waals surface area contributed by atoms with Crippen LogP contribution in [0.2, 0.25) is 0 Å². The summed E-state index contributed by atoms with van der Waals surface area (Å²) in [6, 6.07) is 18.6. The normalized spacial score (nSPS) is 12.0. The molecule has 0 aliphatic heterocycles. The third kappa shape index (κ3) is 3.86. The average molecular weight is 378 g/mol. The van der Waals surface area contributed by atoms with E-state index in [0.717, 1.165) is 11.3 Å². The Bertz CT molecular complexity index is 1000. The molecule has 0 radical (unpaired) electrons. The maximum absolute atomic E-state index is 12.9. The van der Waals surface area contributed by atoms with E-state index in [-0.39, 0.29) is 23.2 Å². The van der Waals surface area contributed by atoms with Crippen molar-refractivity contribution in [1.29, 1.82) is 0 Å². The Morgan fingerprint density at radius 2 is 1.54 bits per heavy atom. The Balaban J connectivity index is 1.86. The fraction of sp³-hybridized carbons (Fsp3) is 0.273. The molecule has 1 aromatic heterocycles. The molecule has 6 nitrogen and oxygen atoms in total. The summed E-state index contributed by atoms with van der Waals surface area (Å²) >= 11 is 0. The number of carbonyl (C=O) groups excluding carboxylic acids is 1. The third-order valence-corrected chi connectivity index (χ3v) is 4.90. The fourth-order valence-corrected chi connectivity index (χ4v) is 3.30. The summed E-state index contributed by atoms with van der Waals surface area (Å²) in [5.41, 5.74) is 2.47. The molecule has 2 N–H and O–H groups in total. The lowest BCUT2D eigenvalue weighted by atomic mass is 9.96. The molecule has 6 heteroatoms. The maximum Gasteiger partial charge on any atom is 0.319 e. The second-order valence-electron chi connectivity index (χ2n) is 7.17. The van der Waals surface area contributed by atoms with Crippen molar-refractivity contribution in [3.8, 4) is 5.69 Å². The van der Waals surface area contributed by atoms with Crippen LogP contribution in [0.15, 0.2) is 65.5 Å². The van der Waals surface area contributed by atoms with E-state index in [0.29, 0.717) is 5.69 Å². The summed E-state index contributed by atoms with van der Waals surface area (Å²) in [6.07, 6.45) is 0. The van der Waals surface area contributed by atoms with Gasteiger partial charge in [0, 0.05) is 7.05 Å². The number of anilines is 1. The molecule has 2 amide bonds.